The van der Waals surface area contributed by atoms with Crippen molar-refractivity contribution in [3.8, 4) is 0 Å². The Balaban J connectivity index is 1.61. The normalized spacial score (nSPS) is 15.3. The third-order valence-corrected chi connectivity index (χ3v) is 4.53. The van der Waals surface area contributed by atoms with Crippen LogP contribution in [0, 0.1) is 5.92 Å². The van der Waals surface area contributed by atoms with Crippen LogP contribution in [0.15, 0.2) is 42.6 Å². The van der Waals surface area contributed by atoms with E-state index in [0.29, 0.717) is 37.2 Å². The van der Waals surface area contributed by atoms with Crippen molar-refractivity contribution in [2.75, 3.05) is 13.1 Å². The summed E-state index contributed by atoms with van der Waals surface area (Å²) >= 11 is 0. The molecule has 1 aliphatic heterocycles. The Morgan fingerprint density at radius 3 is 2.29 bits per heavy atom. The van der Waals surface area contributed by atoms with Gasteiger partial charge in [-0.25, -0.2) is 0 Å². The van der Waals surface area contributed by atoms with E-state index in [1.165, 1.54) is 6.92 Å². The SMILES string of the molecule is CC(=O)c1c[nH]c(C(=O)N2CCC(C(=O)c3ccccc3)CC2)c1. The zero-order valence-electron chi connectivity index (χ0n) is 13.6. The monoisotopic (exact) mass is 324 g/mol. The van der Waals surface area contributed by atoms with Gasteiger partial charge in [-0.05, 0) is 25.8 Å². The number of carbonyl (C=O) groups is 3. The number of Topliss-reactive ketones (excluding diaryl/α,β-unsaturated/α-hetero) is 2. The predicted octanol–water partition coefficient (Wildman–Crippen LogP) is 2.95. The van der Waals surface area contributed by atoms with E-state index in [0.717, 1.165) is 5.56 Å². The number of aromatic amines is 1. The fourth-order valence-electron chi connectivity index (χ4n) is 3.07. The van der Waals surface area contributed by atoms with Crippen molar-refractivity contribution in [2.24, 2.45) is 5.92 Å². The number of benzene rings is 1. The van der Waals surface area contributed by atoms with Crippen LogP contribution in [0.1, 0.15) is 51.0 Å². The Labute approximate surface area is 140 Å². The number of nitrogens with zero attached hydrogens (tertiary/aromatic N) is 1. The number of piperidine rings is 1. The van der Waals surface area contributed by atoms with E-state index in [1.54, 1.807) is 17.2 Å². The third kappa shape index (κ3) is 3.30. The molecule has 0 bridgehead atoms. The number of aromatic nitrogens is 1. The summed E-state index contributed by atoms with van der Waals surface area (Å²) in [4.78, 5) is 40.9. The lowest BCUT2D eigenvalue weighted by Gasteiger charge is -2.31. The molecule has 1 aliphatic rings. The molecule has 0 aliphatic carbocycles. The van der Waals surface area contributed by atoms with Gasteiger partial charge in [0.15, 0.2) is 11.6 Å². The van der Waals surface area contributed by atoms with Gasteiger partial charge in [0, 0.05) is 36.3 Å². The fourth-order valence-corrected chi connectivity index (χ4v) is 3.07. The molecule has 0 radical (unpaired) electrons. The van der Waals surface area contributed by atoms with Gasteiger partial charge in [0.1, 0.15) is 5.69 Å². The largest absolute Gasteiger partial charge is 0.356 e. The molecule has 0 unspecified atom stereocenters. The second kappa shape index (κ2) is 6.83. The second-order valence-electron chi connectivity index (χ2n) is 6.15. The molecule has 0 atom stereocenters. The third-order valence-electron chi connectivity index (χ3n) is 4.53. The number of likely N-dealkylation sites (tertiary alicyclic amines) is 1. The zero-order valence-corrected chi connectivity index (χ0v) is 13.6. The van der Waals surface area contributed by atoms with Crippen molar-refractivity contribution in [3.05, 3.63) is 59.4 Å². The summed E-state index contributed by atoms with van der Waals surface area (Å²) in [5.74, 6) is -0.0695. The molecule has 24 heavy (non-hydrogen) atoms. The van der Waals surface area contributed by atoms with E-state index in [-0.39, 0.29) is 23.4 Å². The van der Waals surface area contributed by atoms with Crippen LogP contribution in [0.3, 0.4) is 0 Å². The number of nitrogens with one attached hydrogen (secondary N) is 1. The quantitative estimate of drug-likeness (QED) is 0.879. The van der Waals surface area contributed by atoms with Crippen molar-refractivity contribution in [3.63, 3.8) is 0 Å². The minimum absolute atomic E-state index is 0.0344. The summed E-state index contributed by atoms with van der Waals surface area (Å²) < 4.78 is 0. The molecule has 5 nitrogen and oxygen atoms in total. The summed E-state index contributed by atoms with van der Waals surface area (Å²) in [6.07, 6.45) is 2.89. The van der Waals surface area contributed by atoms with Crippen LogP contribution in [-0.4, -0.2) is 40.4 Å². The number of hydrogen-bond donors (Lipinski definition) is 1. The Hall–Kier alpha value is -2.69. The molecular formula is C19H20N2O3. The average Bonchev–Trinajstić information content (AvgIpc) is 3.12. The highest BCUT2D eigenvalue weighted by Crippen LogP contribution is 2.23. The van der Waals surface area contributed by atoms with E-state index < -0.39 is 0 Å². The van der Waals surface area contributed by atoms with E-state index in [4.69, 9.17) is 0 Å². The molecule has 1 aromatic heterocycles. The maximum atomic E-state index is 12.5. The highest BCUT2D eigenvalue weighted by atomic mass is 16.2. The number of amides is 1. The number of carbonyl (C=O) groups excluding carboxylic acids is 3. The van der Waals surface area contributed by atoms with Crippen molar-refractivity contribution in [1.29, 1.82) is 0 Å². The lowest BCUT2D eigenvalue weighted by atomic mass is 9.89. The standard InChI is InChI=1S/C19H20N2O3/c1-13(22)16-11-17(20-12-16)19(24)21-9-7-15(8-10-21)18(23)14-5-3-2-4-6-14/h2-6,11-12,15,20H,7-10H2,1H3. The van der Waals surface area contributed by atoms with Gasteiger partial charge in [-0.2, -0.15) is 0 Å². The van der Waals surface area contributed by atoms with Crippen LogP contribution in [0.2, 0.25) is 0 Å². The number of H-pyrrole nitrogens is 1. The van der Waals surface area contributed by atoms with Gasteiger partial charge in [-0.3, -0.25) is 14.4 Å². The Morgan fingerprint density at radius 2 is 1.71 bits per heavy atom. The zero-order chi connectivity index (χ0) is 17.1. The number of rotatable bonds is 4. The van der Waals surface area contributed by atoms with Gasteiger partial charge in [0.2, 0.25) is 0 Å². The topological polar surface area (TPSA) is 70.2 Å². The molecule has 0 saturated carbocycles. The smallest absolute Gasteiger partial charge is 0.270 e. The van der Waals surface area contributed by atoms with Crippen LogP contribution in [0.5, 0.6) is 0 Å². The molecule has 0 spiro atoms. The highest BCUT2D eigenvalue weighted by molar-refractivity contribution is 6.00. The summed E-state index contributed by atoms with van der Waals surface area (Å²) in [6.45, 7) is 2.57. The summed E-state index contributed by atoms with van der Waals surface area (Å²) in [5, 5.41) is 0. The molecule has 1 fully saturated rings. The van der Waals surface area contributed by atoms with Gasteiger partial charge in [-0.15, -0.1) is 0 Å². The molecule has 2 heterocycles. The minimum Gasteiger partial charge on any atom is -0.356 e. The summed E-state index contributed by atoms with van der Waals surface area (Å²) in [7, 11) is 0. The molecule has 1 aromatic carbocycles. The number of hydrogen-bond acceptors (Lipinski definition) is 3. The van der Waals surface area contributed by atoms with E-state index >= 15 is 0 Å². The van der Waals surface area contributed by atoms with Gasteiger partial charge in [0.25, 0.3) is 5.91 Å². The van der Waals surface area contributed by atoms with Crippen LogP contribution >= 0.6 is 0 Å². The first kappa shape index (κ1) is 16.2. The van der Waals surface area contributed by atoms with Crippen LogP contribution in [0.25, 0.3) is 0 Å². The van der Waals surface area contributed by atoms with Crippen molar-refractivity contribution in [2.45, 2.75) is 19.8 Å². The summed E-state index contributed by atoms with van der Waals surface area (Å²) in [6, 6.07) is 10.9. The predicted molar refractivity (Wildman–Crippen MR) is 90.2 cm³/mol. The van der Waals surface area contributed by atoms with Crippen molar-refractivity contribution >= 4 is 17.5 Å². The molecule has 5 heteroatoms. The first-order chi connectivity index (χ1) is 11.6. The minimum atomic E-state index is -0.117. The van der Waals surface area contributed by atoms with Crippen molar-refractivity contribution < 1.29 is 14.4 Å². The molecule has 1 amide bonds. The lowest BCUT2D eigenvalue weighted by molar-refractivity contribution is 0.0646. The van der Waals surface area contributed by atoms with Crippen LogP contribution in [0.4, 0.5) is 0 Å². The van der Waals surface area contributed by atoms with Crippen molar-refractivity contribution in [1.82, 2.24) is 9.88 Å². The van der Waals surface area contributed by atoms with Gasteiger partial charge < -0.3 is 9.88 Å². The lowest BCUT2D eigenvalue weighted by Crippen LogP contribution is -2.40. The maximum absolute atomic E-state index is 12.5. The van der Waals surface area contributed by atoms with Gasteiger partial charge in [-0.1, -0.05) is 30.3 Å². The molecule has 2 aromatic rings. The number of ketones is 2. The molecule has 1 N–H and O–H groups in total. The van der Waals surface area contributed by atoms with E-state index in [9.17, 15) is 14.4 Å². The van der Waals surface area contributed by atoms with Crippen LogP contribution in [-0.2, 0) is 0 Å². The first-order valence-corrected chi connectivity index (χ1v) is 8.14. The highest BCUT2D eigenvalue weighted by Gasteiger charge is 2.28. The second-order valence-corrected chi connectivity index (χ2v) is 6.15. The van der Waals surface area contributed by atoms with E-state index in [2.05, 4.69) is 4.98 Å². The fraction of sp³-hybridized carbons (Fsp3) is 0.316. The van der Waals surface area contributed by atoms with Gasteiger partial charge in [0.05, 0.1) is 0 Å². The maximum Gasteiger partial charge on any atom is 0.270 e. The molecule has 1 saturated heterocycles. The molecule has 124 valence electrons. The Kier molecular flexibility index (Phi) is 4.60. The Morgan fingerprint density at radius 1 is 1.04 bits per heavy atom. The summed E-state index contributed by atoms with van der Waals surface area (Å²) in [5.41, 5.74) is 1.67. The van der Waals surface area contributed by atoms with Gasteiger partial charge >= 0.3 is 0 Å². The first-order valence-electron chi connectivity index (χ1n) is 8.14. The molecule has 3 rings (SSSR count). The molecular weight excluding hydrogens is 304 g/mol. The Bertz CT molecular complexity index is 756. The van der Waals surface area contributed by atoms with E-state index in [1.807, 2.05) is 30.3 Å². The van der Waals surface area contributed by atoms with Crippen LogP contribution < -0.4 is 0 Å². The average molecular weight is 324 g/mol.